The molecule has 1 saturated carbocycles. The molecule has 5 nitrogen and oxygen atoms in total. The van der Waals surface area contributed by atoms with Crippen molar-refractivity contribution in [2.24, 2.45) is 11.0 Å². The maximum Gasteiger partial charge on any atom is 0.289 e. The van der Waals surface area contributed by atoms with E-state index >= 15 is 0 Å². The van der Waals surface area contributed by atoms with Crippen molar-refractivity contribution in [2.45, 2.75) is 32.6 Å². The maximum absolute atomic E-state index is 12.1. The number of nitrogens with zero attached hydrogens (tertiary/aromatic N) is 2. The van der Waals surface area contributed by atoms with Crippen molar-refractivity contribution in [2.75, 3.05) is 0 Å². The molecule has 0 saturated heterocycles. The summed E-state index contributed by atoms with van der Waals surface area (Å²) in [5, 5.41) is 11.2. The Bertz CT molecular complexity index is 675. The second-order valence-electron chi connectivity index (χ2n) is 5.85. The van der Waals surface area contributed by atoms with E-state index in [9.17, 15) is 4.79 Å². The van der Waals surface area contributed by atoms with Crippen molar-refractivity contribution in [1.29, 1.82) is 0 Å². The molecular weight excluding hydrogens is 276 g/mol. The first-order valence-electron chi connectivity index (χ1n) is 7.69. The number of hydrogen-bond acceptors (Lipinski definition) is 3. The molecule has 114 valence electrons. The zero-order valence-corrected chi connectivity index (χ0v) is 12.7. The van der Waals surface area contributed by atoms with Gasteiger partial charge in [-0.15, -0.1) is 0 Å². The molecule has 2 aromatic rings. The molecular formula is C17H20N4O. The molecule has 0 unspecified atom stereocenters. The van der Waals surface area contributed by atoms with Gasteiger partial charge in [-0.3, -0.25) is 9.89 Å². The molecule has 22 heavy (non-hydrogen) atoms. The molecule has 1 aromatic carbocycles. The lowest BCUT2D eigenvalue weighted by atomic mass is 9.89. The molecule has 0 spiro atoms. The Morgan fingerprint density at radius 3 is 2.95 bits per heavy atom. The van der Waals surface area contributed by atoms with Gasteiger partial charge in [0.1, 0.15) is 5.69 Å². The largest absolute Gasteiger partial charge is 0.289 e. The van der Waals surface area contributed by atoms with Crippen LogP contribution < -0.4 is 5.43 Å². The van der Waals surface area contributed by atoms with Crippen LogP contribution in [0.15, 0.2) is 41.5 Å². The monoisotopic (exact) mass is 296 g/mol. The Hall–Kier alpha value is -2.43. The van der Waals surface area contributed by atoms with Crippen LogP contribution in [0.25, 0.3) is 11.3 Å². The van der Waals surface area contributed by atoms with Crippen molar-refractivity contribution in [3.8, 4) is 11.3 Å². The fourth-order valence-electron chi connectivity index (χ4n) is 2.75. The Labute approximate surface area is 129 Å². The molecule has 1 aliphatic rings. The molecule has 1 aromatic heterocycles. The molecule has 0 radical (unpaired) electrons. The summed E-state index contributed by atoms with van der Waals surface area (Å²) in [7, 11) is 0. The molecule has 1 amide bonds. The number of nitrogens with one attached hydrogen (secondary N) is 2. The van der Waals surface area contributed by atoms with Gasteiger partial charge in [0.05, 0.1) is 5.69 Å². The standard InChI is InChI=1S/C17H20N4O/c1-12-6-5-9-14(10-12)18-21-17(22)16-11-15(19-20-16)13-7-3-2-4-8-13/h2-4,7-8,11-12H,5-6,9-10H2,1H3,(H,19,20)(H,21,22)/b18-14+/t12-/m1/s1. The second-order valence-corrected chi connectivity index (χ2v) is 5.85. The Balaban J connectivity index is 1.66. The Morgan fingerprint density at radius 1 is 1.36 bits per heavy atom. The average molecular weight is 296 g/mol. The number of amides is 1. The normalized spacial score (nSPS) is 20.0. The molecule has 1 fully saturated rings. The highest BCUT2D eigenvalue weighted by Gasteiger charge is 2.15. The highest BCUT2D eigenvalue weighted by Crippen LogP contribution is 2.21. The molecule has 2 N–H and O–H groups in total. The number of rotatable bonds is 3. The lowest BCUT2D eigenvalue weighted by Gasteiger charge is -2.18. The summed E-state index contributed by atoms with van der Waals surface area (Å²) in [4.78, 5) is 12.1. The highest BCUT2D eigenvalue weighted by atomic mass is 16.2. The van der Waals surface area contributed by atoms with Crippen LogP contribution in [0.1, 0.15) is 43.1 Å². The van der Waals surface area contributed by atoms with Crippen LogP contribution >= 0.6 is 0 Å². The molecule has 5 heteroatoms. The van der Waals surface area contributed by atoms with E-state index in [0.29, 0.717) is 11.6 Å². The van der Waals surface area contributed by atoms with E-state index in [1.54, 1.807) is 6.07 Å². The summed E-state index contributed by atoms with van der Waals surface area (Å²) < 4.78 is 0. The van der Waals surface area contributed by atoms with Crippen LogP contribution in [0.5, 0.6) is 0 Å². The zero-order valence-electron chi connectivity index (χ0n) is 12.7. The van der Waals surface area contributed by atoms with Gasteiger partial charge in [-0.2, -0.15) is 10.2 Å². The Kier molecular flexibility index (Phi) is 4.32. The third-order valence-corrected chi connectivity index (χ3v) is 3.95. The number of aromatic amines is 1. The predicted molar refractivity (Wildman–Crippen MR) is 86.6 cm³/mol. The third kappa shape index (κ3) is 3.42. The Morgan fingerprint density at radius 2 is 2.18 bits per heavy atom. The average Bonchev–Trinajstić information content (AvgIpc) is 3.04. The minimum absolute atomic E-state index is 0.250. The third-order valence-electron chi connectivity index (χ3n) is 3.95. The van der Waals surface area contributed by atoms with Crippen molar-refractivity contribution in [3.05, 3.63) is 42.1 Å². The van der Waals surface area contributed by atoms with Crippen LogP contribution in [-0.2, 0) is 0 Å². The van der Waals surface area contributed by atoms with E-state index in [1.165, 1.54) is 6.42 Å². The van der Waals surface area contributed by atoms with Crippen molar-refractivity contribution in [3.63, 3.8) is 0 Å². The van der Waals surface area contributed by atoms with Crippen LogP contribution in [0, 0.1) is 5.92 Å². The van der Waals surface area contributed by atoms with Gasteiger partial charge in [0, 0.05) is 11.3 Å². The minimum Gasteiger partial charge on any atom is -0.272 e. The topological polar surface area (TPSA) is 70.1 Å². The summed E-state index contributed by atoms with van der Waals surface area (Å²) in [5.41, 5.74) is 5.87. The van der Waals surface area contributed by atoms with E-state index in [0.717, 1.165) is 36.2 Å². The first-order chi connectivity index (χ1) is 10.7. The molecule has 1 aliphatic carbocycles. The first kappa shape index (κ1) is 14.5. The quantitative estimate of drug-likeness (QED) is 0.852. The lowest BCUT2D eigenvalue weighted by Crippen LogP contribution is -2.22. The van der Waals surface area contributed by atoms with Crippen LogP contribution in [0.2, 0.25) is 0 Å². The van der Waals surface area contributed by atoms with Gasteiger partial charge in [-0.05, 0) is 37.7 Å². The molecule has 1 heterocycles. The molecule has 1 atom stereocenters. The summed E-state index contributed by atoms with van der Waals surface area (Å²) in [6.07, 6.45) is 4.34. The number of benzene rings is 1. The first-order valence-corrected chi connectivity index (χ1v) is 7.69. The van der Waals surface area contributed by atoms with Gasteiger partial charge in [0.2, 0.25) is 0 Å². The second kappa shape index (κ2) is 6.56. The van der Waals surface area contributed by atoms with E-state index in [2.05, 4.69) is 27.6 Å². The number of hydrazone groups is 1. The SMILES string of the molecule is C[C@@H]1CCC/C(=N\NC(=O)c2cc(-c3ccccc3)n[nH]2)C1. The highest BCUT2D eigenvalue weighted by molar-refractivity contribution is 5.94. The molecule has 3 rings (SSSR count). The summed E-state index contributed by atoms with van der Waals surface area (Å²) in [6.45, 7) is 2.22. The predicted octanol–water partition coefficient (Wildman–Crippen LogP) is 3.37. The van der Waals surface area contributed by atoms with E-state index in [-0.39, 0.29) is 5.91 Å². The fraction of sp³-hybridized carbons (Fsp3) is 0.353. The van der Waals surface area contributed by atoms with E-state index < -0.39 is 0 Å². The van der Waals surface area contributed by atoms with Gasteiger partial charge in [0.25, 0.3) is 5.91 Å². The summed E-state index contributed by atoms with van der Waals surface area (Å²) >= 11 is 0. The van der Waals surface area contributed by atoms with Gasteiger partial charge in [0.15, 0.2) is 0 Å². The van der Waals surface area contributed by atoms with Crippen LogP contribution in [0.4, 0.5) is 0 Å². The number of carbonyl (C=O) groups is 1. The van der Waals surface area contributed by atoms with Gasteiger partial charge in [-0.25, -0.2) is 5.43 Å². The van der Waals surface area contributed by atoms with Gasteiger partial charge < -0.3 is 0 Å². The van der Waals surface area contributed by atoms with Crippen LogP contribution in [-0.4, -0.2) is 21.8 Å². The van der Waals surface area contributed by atoms with E-state index in [4.69, 9.17) is 0 Å². The van der Waals surface area contributed by atoms with Gasteiger partial charge >= 0.3 is 0 Å². The summed E-state index contributed by atoms with van der Waals surface area (Å²) in [5.74, 6) is 0.404. The smallest absolute Gasteiger partial charge is 0.272 e. The number of H-pyrrole nitrogens is 1. The number of carbonyl (C=O) groups excluding carboxylic acids is 1. The van der Waals surface area contributed by atoms with Crippen molar-refractivity contribution < 1.29 is 4.79 Å². The summed E-state index contributed by atoms with van der Waals surface area (Å²) in [6, 6.07) is 11.5. The number of hydrogen-bond donors (Lipinski definition) is 2. The maximum atomic E-state index is 12.1. The van der Waals surface area contributed by atoms with Crippen molar-refractivity contribution in [1.82, 2.24) is 15.6 Å². The fourth-order valence-corrected chi connectivity index (χ4v) is 2.75. The molecule has 0 bridgehead atoms. The van der Waals surface area contributed by atoms with Gasteiger partial charge in [-0.1, -0.05) is 37.3 Å². The number of aromatic nitrogens is 2. The van der Waals surface area contributed by atoms with Crippen LogP contribution in [0.3, 0.4) is 0 Å². The minimum atomic E-state index is -0.250. The van der Waals surface area contributed by atoms with E-state index in [1.807, 2.05) is 30.3 Å². The van der Waals surface area contributed by atoms with Crippen molar-refractivity contribution >= 4 is 11.6 Å². The molecule has 0 aliphatic heterocycles. The zero-order chi connectivity index (χ0) is 15.4. The lowest BCUT2D eigenvalue weighted by molar-refractivity contribution is 0.0949.